The SMILES string of the molecule is CC(C)NCC1CCC1c1ccc(F)c(F)c1. The number of halogens is 2. The van der Waals surface area contributed by atoms with Crippen LogP contribution in [0, 0.1) is 17.6 Å². The Balaban J connectivity index is 2.00. The molecule has 1 N–H and O–H groups in total. The Bertz CT molecular complexity index is 390. The highest BCUT2D eigenvalue weighted by atomic mass is 19.2. The molecule has 1 aliphatic rings. The molecule has 1 fully saturated rings. The first kappa shape index (κ1) is 12.5. The Labute approximate surface area is 101 Å². The Morgan fingerprint density at radius 2 is 2.00 bits per heavy atom. The second-order valence-electron chi connectivity index (χ2n) is 5.18. The maximum Gasteiger partial charge on any atom is 0.159 e. The minimum Gasteiger partial charge on any atom is -0.314 e. The molecule has 0 saturated heterocycles. The van der Waals surface area contributed by atoms with E-state index in [0.29, 0.717) is 17.9 Å². The maximum atomic E-state index is 13.2. The second-order valence-corrected chi connectivity index (χ2v) is 5.18. The molecule has 1 aliphatic carbocycles. The summed E-state index contributed by atoms with van der Waals surface area (Å²) in [5.41, 5.74) is 0.936. The van der Waals surface area contributed by atoms with E-state index in [-0.39, 0.29) is 0 Å². The van der Waals surface area contributed by atoms with Crippen LogP contribution in [0.1, 0.15) is 38.2 Å². The van der Waals surface area contributed by atoms with E-state index in [1.807, 2.05) is 0 Å². The van der Waals surface area contributed by atoms with Crippen LogP contribution in [0.2, 0.25) is 0 Å². The van der Waals surface area contributed by atoms with E-state index in [1.165, 1.54) is 18.6 Å². The summed E-state index contributed by atoms with van der Waals surface area (Å²) < 4.78 is 26.0. The zero-order valence-corrected chi connectivity index (χ0v) is 10.3. The normalized spacial score (nSPS) is 23.8. The predicted octanol–water partition coefficient (Wildman–Crippen LogP) is 3.46. The quantitative estimate of drug-likeness (QED) is 0.848. The van der Waals surface area contributed by atoms with Crippen molar-refractivity contribution in [2.45, 2.75) is 38.6 Å². The van der Waals surface area contributed by atoms with Gasteiger partial charge in [-0.15, -0.1) is 0 Å². The summed E-state index contributed by atoms with van der Waals surface area (Å²) in [5, 5.41) is 3.41. The van der Waals surface area contributed by atoms with E-state index in [2.05, 4.69) is 19.2 Å². The third-order valence-electron chi connectivity index (χ3n) is 3.58. The van der Waals surface area contributed by atoms with Crippen LogP contribution in [0.4, 0.5) is 8.78 Å². The molecule has 0 aliphatic heterocycles. The fourth-order valence-electron chi connectivity index (χ4n) is 2.38. The van der Waals surface area contributed by atoms with Crippen molar-refractivity contribution in [2.24, 2.45) is 5.92 Å². The van der Waals surface area contributed by atoms with Gasteiger partial charge in [-0.1, -0.05) is 19.9 Å². The summed E-state index contributed by atoms with van der Waals surface area (Å²) in [7, 11) is 0. The van der Waals surface area contributed by atoms with Crippen molar-refractivity contribution >= 4 is 0 Å². The standard InChI is InChI=1S/C14H19F2N/c1-9(2)17-8-11-3-5-12(11)10-4-6-13(15)14(16)7-10/h4,6-7,9,11-12,17H,3,5,8H2,1-2H3. The van der Waals surface area contributed by atoms with Gasteiger partial charge in [-0.25, -0.2) is 8.78 Å². The molecule has 1 nitrogen and oxygen atoms in total. The van der Waals surface area contributed by atoms with Gasteiger partial charge in [0.25, 0.3) is 0 Å². The van der Waals surface area contributed by atoms with Crippen LogP contribution in [-0.4, -0.2) is 12.6 Å². The number of rotatable bonds is 4. The summed E-state index contributed by atoms with van der Waals surface area (Å²) in [4.78, 5) is 0. The smallest absolute Gasteiger partial charge is 0.159 e. The molecule has 2 rings (SSSR count). The van der Waals surface area contributed by atoms with Crippen LogP contribution in [0.5, 0.6) is 0 Å². The van der Waals surface area contributed by atoms with E-state index in [0.717, 1.165) is 18.5 Å². The predicted molar refractivity (Wildman–Crippen MR) is 65.0 cm³/mol. The van der Waals surface area contributed by atoms with Crippen molar-refractivity contribution in [2.75, 3.05) is 6.54 Å². The van der Waals surface area contributed by atoms with Crippen LogP contribution < -0.4 is 5.32 Å². The summed E-state index contributed by atoms with van der Waals surface area (Å²) in [6, 6.07) is 4.77. The lowest BCUT2D eigenvalue weighted by atomic mass is 9.70. The zero-order valence-electron chi connectivity index (χ0n) is 10.3. The lowest BCUT2D eigenvalue weighted by Gasteiger charge is -2.37. The lowest BCUT2D eigenvalue weighted by Crippen LogP contribution is -2.36. The monoisotopic (exact) mass is 239 g/mol. The lowest BCUT2D eigenvalue weighted by molar-refractivity contribution is 0.240. The highest BCUT2D eigenvalue weighted by Gasteiger charge is 2.32. The Morgan fingerprint density at radius 1 is 1.24 bits per heavy atom. The van der Waals surface area contributed by atoms with Gasteiger partial charge in [0.05, 0.1) is 0 Å². The molecule has 0 aromatic heterocycles. The molecule has 0 radical (unpaired) electrons. The van der Waals surface area contributed by atoms with Gasteiger partial charge < -0.3 is 5.32 Å². The van der Waals surface area contributed by atoms with E-state index in [1.54, 1.807) is 6.07 Å². The molecule has 0 amide bonds. The Hall–Kier alpha value is -0.960. The fourth-order valence-corrected chi connectivity index (χ4v) is 2.38. The zero-order chi connectivity index (χ0) is 12.4. The first-order chi connectivity index (χ1) is 8.08. The molecule has 94 valence electrons. The van der Waals surface area contributed by atoms with E-state index < -0.39 is 11.6 Å². The molecule has 2 unspecified atom stereocenters. The van der Waals surface area contributed by atoms with Gasteiger partial charge in [-0.05, 0) is 48.9 Å². The molecule has 1 aromatic carbocycles. The minimum atomic E-state index is -0.759. The molecule has 17 heavy (non-hydrogen) atoms. The number of nitrogens with one attached hydrogen (secondary N) is 1. The van der Waals surface area contributed by atoms with Gasteiger partial charge in [-0.2, -0.15) is 0 Å². The minimum absolute atomic E-state index is 0.386. The average Bonchev–Trinajstić information content (AvgIpc) is 2.21. The molecule has 0 heterocycles. The van der Waals surface area contributed by atoms with Crippen LogP contribution in [0.3, 0.4) is 0 Å². The first-order valence-electron chi connectivity index (χ1n) is 6.26. The number of benzene rings is 1. The molecule has 3 heteroatoms. The van der Waals surface area contributed by atoms with Crippen molar-refractivity contribution in [3.8, 4) is 0 Å². The molecule has 0 spiro atoms. The van der Waals surface area contributed by atoms with E-state index >= 15 is 0 Å². The largest absolute Gasteiger partial charge is 0.314 e. The van der Waals surface area contributed by atoms with E-state index in [4.69, 9.17) is 0 Å². The molecule has 2 atom stereocenters. The average molecular weight is 239 g/mol. The van der Waals surface area contributed by atoms with Gasteiger partial charge in [-0.3, -0.25) is 0 Å². The Morgan fingerprint density at radius 3 is 2.53 bits per heavy atom. The topological polar surface area (TPSA) is 12.0 Å². The third kappa shape index (κ3) is 2.83. The van der Waals surface area contributed by atoms with Crippen molar-refractivity contribution in [3.63, 3.8) is 0 Å². The van der Waals surface area contributed by atoms with Crippen molar-refractivity contribution in [3.05, 3.63) is 35.4 Å². The van der Waals surface area contributed by atoms with E-state index in [9.17, 15) is 8.78 Å². The van der Waals surface area contributed by atoms with Crippen molar-refractivity contribution in [1.82, 2.24) is 5.32 Å². The van der Waals surface area contributed by atoms with Crippen molar-refractivity contribution in [1.29, 1.82) is 0 Å². The molecular formula is C14H19F2N. The van der Waals surface area contributed by atoms with Gasteiger partial charge in [0.1, 0.15) is 0 Å². The van der Waals surface area contributed by atoms with Gasteiger partial charge in [0.2, 0.25) is 0 Å². The molecule has 1 saturated carbocycles. The maximum absolute atomic E-state index is 13.2. The highest BCUT2D eigenvalue weighted by molar-refractivity contribution is 5.24. The van der Waals surface area contributed by atoms with Crippen LogP contribution in [0.15, 0.2) is 18.2 Å². The fraction of sp³-hybridized carbons (Fsp3) is 0.571. The second kappa shape index (κ2) is 5.13. The van der Waals surface area contributed by atoms with Crippen LogP contribution >= 0.6 is 0 Å². The molecule has 1 aromatic rings. The molecule has 0 bridgehead atoms. The summed E-state index contributed by atoms with van der Waals surface area (Å²) in [6.07, 6.45) is 2.25. The van der Waals surface area contributed by atoms with Crippen molar-refractivity contribution < 1.29 is 8.78 Å². The van der Waals surface area contributed by atoms with Gasteiger partial charge >= 0.3 is 0 Å². The van der Waals surface area contributed by atoms with Gasteiger partial charge in [0.15, 0.2) is 11.6 Å². The first-order valence-corrected chi connectivity index (χ1v) is 6.26. The van der Waals surface area contributed by atoms with Crippen LogP contribution in [-0.2, 0) is 0 Å². The number of hydrogen-bond donors (Lipinski definition) is 1. The number of hydrogen-bond acceptors (Lipinski definition) is 1. The van der Waals surface area contributed by atoms with Gasteiger partial charge in [0, 0.05) is 6.04 Å². The Kier molecular flexibility index (Phi) is 3.77. The molecular weight excluding hydrogens is 220 g/mol. The summed E-state index contributed by atoms with van der Waals surface area (Å²) >= 11 is 0. The summed E-state index contributed by atoms with van der Waals surface area (Å²) in [5.74, 6) is -0.548. The summed E-state index contributed by atoms with van der Waals surface area (Å²) in [6.45, 7) is 5.19. The van der Waals surface area contributed by atoms with Crippen LogP contribution in [0.25, 0.3) is 0 Å². The third-order valence-corrected chi connectivity index (χ3v) is 3.58. The highest BCUT2D eigenvalue weighted by Crippen LogP contribution is 2.42.